The Hall–Kier alpha value is -3.78. The average Bonchev–Trinajstić information content (AvgIpc) is 2.85. The average molecular weight is 426 g/mol. The van der Waals surface area contributed by atoms with Crippen LogP contribution in [-0.4, -0.2) is 31.6 Å². The predicted octanol–water partition coefficient (Wildman–Crippen LogP) is 4.31. The maximum Gasteiger partial charge on any atom is 0.258 e. The van der Waals surface area contributed by atoms with Crippen molar-refractivity contribution < 1.29 is 9.53 Å². The van der Waals surface area contributed by atoms with Crippen LogP contribution < -0.4 is 15.0 Å². The fraction of sp³-hybridized carbons (Fsp3) is 0.259. The topological polar surface area (TPSA) is 65.4 Å². The third-order valence-electron chi connectivity index (χ3n) is 5.79. The van der Waals surface area contributed by atoms with Gasteiger partial charge in [-0.25, -0.2) is 0 Å². The summed E-state index contributed by atoms with van der Waals surface area (Å²) in [5.41, 5.74) is 4.07. The van der Waals surface area contributed by atoms with E-state index in [1.165, 1.54) is 5.56 Å². The van der Waals surface area contributed by atoms with Crippen molar-refractivity contribution in [1.82, 2.24) is 5.32 Å². The summed E-state index contributed by atoms with van der Waals surface area (Å²) < 4.78 is 5.88. The van der Waals surface area contributed by atoms with Gasteiger partial charge in [0, 0.05) is 31.2 Å². The lowest BCUT2D eigenvalue weighted by Crippen LogP contribution is -2.46. The van der Waals surface area contributed by atoms with E-state index in [-0.39, 0.29) is 18.6 Å². The first-order valence-corrected chi connectivity index (χ1v) is 11.0. The number of ether oxygens (including phenoxy) is 1. The lowest BCUT2D eigenvalue weighted by molar-refractivity contribution is -0.123. The number of nitriles is 1. The number of hydrogen-bond donors (Lipinski definition) is 1. The van der Waals surface area contributed by atoms with E-state index in [9.17, 15) is 4.79 Å². The molecule has 5 heteroatoms. The van der Waals surface area contributed by atoms with E-state index >= 15 is 0 Å². The molecule has 0 spiro atoms. The van der Waals surface area contributed by atoms with Crippen molar-refractivity contribution in [3.05, 3.63) is 95.6 Å². The molecule has 0 atom stereocenters. The van der Waals surface area contributed by atoms with Gasteiger partial charge in [0.05, 0.1) is 11.6 Å². The van der Waals surface area contributed by atoms with Gasteiger partial charge in [-0.2, -0.15) is 5.26 Å². The molecule has 0 aliphatic carbocycles. The fourth-order valence-corrected chi connectivity index (χ4v) is 4.05. The molecule has 1 saturated heterocycles. The molecular weight excluding hydrogens is 398 g/mol. The summed E-state index contributed by atoms with van der Waals surface area (Å²) in [6, 6.07) is 28.1. The van der Waals surface area contributed by atoms with Crippen LogP contribution in [0.3, 0.4) is 0 Å². The van der Waals surface area contributed by atoms with E-state index in [1.807, 2.05) is 66.7 Å². The monoisotopic (exact) mass is 425 g/mol. The van der Waals surface area contributed by atoms with E-state index in [2.05, 4.69) is 28.4 Å². The molecular formula is C27H27N3O2. The third-order valence-corrected chi connectivity index (χ3v) is 5.79. The molecule has 0 saturated carbocycles. The first kappa shape index (κ1) is 21.5. The molecule has 0 aromatic heterocycles. The second-order valence-electron chi connectivity index (χ2n) is 8.05. The number of benzene rings is 3. The second-order valence-corrected chi connectivity index (χ2v) is 8.05. The molecule has 32 heavy (non-hydrogen) atoms. The highest BCUT2D eigenvalue weighted by Crippen LogP contribution is 2.22. The molecule has 0 bridgehead atoms. The van der Waals surface area contributed by atoms with Crippen LogP contribution in [0.1, 0.15) is 29.5 Å². The van der Waals surface area contributed by atoms with Gasteiger partial charge in [-0.3, -0.25) is 4.79 Å². The summed E-state index contributed by atoms with van der Waals surface area (Å²) in [5.74, 6) is 0.665. The largest absolute Gasteiger partial charge is 0.483 e. The first-order chi connectivity index (χ1) is 15.7. The molecule has 1 aliphatic heterocycles. The summed E-state index contributed by atoms with van der Waals surface area (Å²) in [4.78, 5) is 14.8. The van der Waals surface area contributed by atoms with Gasteiger partial charge in [-0.05, 0) is 54.3 Å². The normalized spacial score (nSPS) is 13.9. The van der Waals surface area contributed by atoms with Gasteiger partial charge in [0.25, 0.3) is 5.91 Å². The second kappa shape index (κ2) is 10.5. The highest BCUT2D eigenvalue weighted by atomic mass is 16.5. The Kier molecular flexibility index (Phi) is 7.04. The Morgan fingerprint density at radius 3 is 2.38 bits per heavy atom. The molecule has 3 aromatic rings. The highest BCUT2D eigenvalue weighted by molar-refractivity contribution is 5.78. The Morgan fingerprint density at radius 1 is 0.969 bits per heavy atom. The number of anilines is 1. The molecule has 3 aromatic carbocycles. The molecule has 1 N–H and O–H groups in total. The third kappa shape index (κ3) is 5.67. The van der Waals surface area contributed by atoms with Gasteiger partial charge < -0.3 is 15.0 Å². The highest BCUT2D eigenvalue weighted by Gasteiger charge is 2.21. The number of piperidine rings is 1. The summed E-state index contributed by atoms with van der Waals surface area (Å²) in [7, 11) is 0. The van der Waals surface area contributed by atoms with Gasteiger partial charge in [0.2, 0.25) is 0 Å². The minimum atomic E-state index is -0.0867. The van der Waals surface area contributed by atoms with Crippen molar-refractivity contribution >= 4 is 11.6 Å². The van der Waals surface area contributed by atoms with E-state index in [4.69, 9.17) is 10.00 Å². The van der Waals surface area contributed by atoms with Gasteiger partial charge in [-0.1, -0.05) is 48.5 Å². The minimum Gasteiger partial charge on any atom is -0.483 e. The molecule has 5 nitrogen and oxygen atoms in total. The SMILES string of the molecule is N#Cc1ccc(N2CCC(NC(=O)COc3ccccc3Cc3ccccc3)CC2)cc1. The summed E-state index contributed by atoms with van der Waals surface area (Å²) in [6.07, 6.45) is 2.54. The Balaban J connectivity index is 1.25. The molecule has 1 amide bonds. The summed E-state index contributed by atoms with van der Waals surface area (Å²) in [6.45, 7) is 1.76. The van der Waals surface area contributed by atoms with Crippen molar-refractivity contribution in [2.45, 2.75) is 25.3 Å². The maximum atomic E-state index is 12.5. The van der Waals surface area contributed by atoms with Gasteiger partial charge in [-0.15, -0.1) is 0 Å². The van der Waals surface area contributed by atoms with E-state index < -0.39 is 0 Å². The van der Waals surface area contributed by atoms with Crippen molar-refractivity contribution in [2.24, 2.45) is 0 Å². The van der Waals surface area contributed by atoms with Crippen LogP contribution in [-0.2, 0) is 11.2 Å². The van der Waals surface area contributed by atoms with Crippen LogP contribution in [0.5, 0.6) is 5.75 Å². The van der Waals surface area contributed by atoms with Crippen LogP contribution in [0.25, 0.3) is 0 Å². The molecule has 0 radical (unpaired) electrons. The van der Waals surface area contributed by atoms with Crippen molar-refractivity contribution in [3.8, 4) is 11.8 Å². The zero-order valence-electron chi connectivity index (χ0n) is 18.0. The zero-order chi connectivity index (χ0) is 22.2. The Bertz CT molecular complexity index is 1070. The number of carbonyl (C=O) groups excluding carboxylic acids is 1. The van der Waals surface area contributed by atoms with Gasteiger partial charge >= 0.3 is 0 Å². The van der Waals surface area contributed by atoms with Gasteiger partial charge in [0.1, 0.15) is 5.75 Å². The lowest BCUT2D eigenvalue weighted by Gasteiger charge is -2.34. The van der Waals surface area contributed by atoms with Crippen LogP contribution in [0.15, 0.2) is 78.9 Å². The smallest absolute Gasteiger partial charge is 0.258 e. The molecule has 0 unspecified atom stereocenters. The van der Waals surface area contributed by atoms with Crippen LogP contribution in [0.2, 0.25) is 0 Å². The van der Waals surface area contributed by atoms with Gasteiger partial charge in [0.15, 0.2) is 6.61 Å². The van der Waals surface area contributed by atoms with E-state index in [0.717, 1.165) is 49.4 Å². The number of amides is 1. The lowest BCUT2D eigenvalue weighted by atomic mass is 10.0. The van der Waals surface area contributed by atoms with Crippen LogP contribution in [0.4, 0.5) is 5.69 Å². The number of carbonyl (C=O) groups is 1. The van der Waals surface area contributed by atoms with Crippen LogP contribution >= 0.6 is 0 Å². The number of hydrogen-bond acceptors (Lipinski definition) is 4. The minimum absolute atomic E-state index is 0.0155. The Morgan fingerprint density at radius 2 is 1.66 bits per heavy atom. The quantitative estimate of drug-likeness (QED) is 0.613. The zero-order valence-corrected chi connectivity index (χ0v) is 18.0. The molecule has 1 heterocycles. The molecule has 4 rings (SSSR count). The number of nitrogens with zero attached hydrogens (tertiary/aromatic N) is 2. The Labute approximate surface area is 189 Å². The van der Waals surface area contributed by atoms with Crippen molar-refractivity contribution in [2.75, 3.05) is 24.6 Å². The summed E-state index contributed by atoms with van der Waals surface area (Å²) in [5, 5.41) is 12.1. The standard InChI is InChI=1S/C27H27N3O2/c28-19-22-10-12-25(13-11-22)30-16-14-24(15-17-30)29-27(31)20-32-26-9-5-4-8-23(26)18-21-6-2-1-3-7-21/h1-13,24H,14-18,20H2,(H,29,31). The number of rotatable bonds is 7. The molecule has 162 valence electrons. The number of nitrogens with one attached hydrogen (secondary N) is 1. The van der Waals surface area contributed by atoms with Crippen molar-refractivity contribution in [1.29, 1.82) is 5.26 Å². The predicted molar refractivity (Wildman–Crippen MR) is 126 cm³/mol. The van der Waals surface area contributed by atoms with E-state index in [1.54, 1.807) is 0 Å². The molecule has 1 aliphatic rings. The first-order valence-electron chi connectivity index (χ1n) is 11.0. The van der Waals surface area contributed by atoms with E-state index in [0.29, 0.717) is 5.56 Å². The fourth-order valence-electron chi connectivity index (χ4n) is 4.05. The van der Waals surface area contributed by atoms with Crippen LogP contribution in [0, 0.1) is 11.3 Å². The maximum absolute atomic E-state index is 12.5. The number of para-hydroxylation sites is 1. The van der Waals surface area contributed by atoms with Crippen molar-refractivity contribution in [3.63, 3.8) is 0 Å². The molecule has 1 fully saturated rings. The summed E-state index contributed by atoms with van der Waals surface area (Å²) >= 11 is 0.